The van der Waals surface area contributed by atoms with Crippen molar-refractivity contribution in [3.63, 3.8) is 0 Å². The second-order valence-electron chi connectivity index (χ2n) is 5.07. The molecule has 2 unspecified atom stereocenters. The highest BCUT2D eigenvalue weighted by Gasteiger charge is 2.29. The summed E-state index contributed by atoms with van der Waals surface area (Å²) in [5, 5.41) is 2.95. The van der Waals surface area contributed by atoms with Crippen molar-refractivity contribution < 1.29 is 18.3 Å². The van der Waals surface area contributed by atoms with Gasteiger partial charge in [0.05, 0.1) is 24.0 Å². The Morgan fingerprint density at radius 1 is 1.29 bits per heavy atom. The van der Waals surface area contributed by atoms with Gasteiger partial charge in [-0.1, -0.05) is 12.1 Å². The predicted molar refractivity (Wildman–Crippen MR) is 74.3 cm³/mol. The summed E-state index contributed by atoms with van der Waals surface area (Å²) in [7, 11) is 0. The molecule has 2 heterocycles. The molecule has 0 radical (unpaired) electrons. The summed E-state index contributed by atoms with van der Waals surface area (Å²) in [6.45, 7) is 0.684. The average molecular weight is 289 g/mol. The molecule has 0 saturated carbocycles. The van der Waals surface area contributed by atoms with Crippen LogP contribution >= 0.6 is 0 Å². The number of rotatable bonds is 4. The van der Waals surface area contributed by atoms with Crippen LogP contribution in [0, 0.1) is 5.82 Å². The van der Waals surface area contributed by atoms with Crippen LogP contribution in [0.4, 0.5) is 4.39 Å². The summed E-state index contributed by atoms with van der Waals surface area (Å²) in [5.41, 5.74) is 1.29. The molecule has 2 atom stereocenters. The molecule has 110 valence electrons. The summed E-state index contributed by atoms with van der Waals surface area (Å²) in [6, 6.07) is 7.44. The standard InChI is InChI=1S/C16H16FNO3/c17-13-5-3-11(4-6-13)15(14-2-1-8-21-14)18-16(19)12-7-9-20-10-12/h3-7,9-10,14-15H,1-2,8H2,(H,18,19). The Morgan fingerprint density at radius 2 is 2.10 bits per heavy atom. The Balaban J connectivity index is 1.82. The minimum Gasteiger partial charge on any atom is -0.472 e. The largest absolute Gasteiger partial charge is 0.472 e. The molecule has 1 saturated heterocycles. The summed E-state index contributed by atoms with van der Waals surface area (Å²) in [6.07, 6.45) is 4.59. The number of halogens is 1. The summed E-state index contributed by atoms with van der Waals surface area (Å²) in [4.78, 5) is 12.2. The second kappa shape index (κ2) is 6.10. The molecule has 1 aromatic carbocycles. The first-order valence-electron chi connectivity index (χ1n) is 6.94. The molecule has 1 fully saturated rings. The Bertz CT molecular complexity index is 588. The highest BCUT2D eigenvalue weighted by Crippen LogP contribution is 2.27. The number of nitrogens with one attached hydrogen (secondary N) is 1. The van der Waals surface area contributed by atoms with Crippen LogP contribution in [0.1, 0.15) is 34.8 Å². The quantitative estimate of drug-likeness (QED) is 0.941. The lowest BCUT2D eigenvalue weighted by atomic mass is 9.99. The molecular weight excluding hydrogens is 273 g/mol. The van der Waals surface area contributed by atoms with Crippen LogP contribution in [0.3, 0.4) is 0 Å². The van der Waals surface area contributed by atoms with Gasteiger partial charge < -0.3 is 14.5 Å². The van der Waals surface area contributed by atoms with E-state index in [1.54, 1.807) is 18.2 Å². The van der Waals surface area contributed by atoms with Crippen molar-refractivity contribution in [2.75, 3.05) is 6.61 Å². The number of carbonyl (C=O) groups excluding carboxylic acids is 1. The lowest BCUT2D eigenvalue weighted by Gasteiger charge is -2.24. The zero-order valence-electron chi connectivity index (χ0n) is 11.4. The maximum Gasteiger partial charge on any atom is 0.255 e. The molecule has 21 heavy (non-hydrogen) atoms. The second-order valence-corrected chi connectivity index (χ2v) is 5.07. The molecule has 0 spiro atoms. The van der Waals surface area contributed by atoms with E-state index in [0.717, 1.165) is 18.4 Å². The van der Waals surface area contributed by atoms with Gasteiger partial charge in [-0.05, 0) is 36.6 Å². The van der Waals surface area contributed by atoms with E-state index in [0.29, 0.717) is 12.2 Å². The number of hydrogen-bond acceptors (Lipinski definition) is 3. The molecule has 0 aliphatic carbocycles. The lowest BCUT2D eigenvalue weighted by molar-refractivity contribution is 0.0672. The number of furan rings is 1. The van der Waals surface area contributed by atoms with Crippen LogP contribution in [-0.4, -0.2) is 18.6 Å². The van der Waals surface area contributed by atoms with Gasteiger partial charge in [-0.3, -0.25) is 4.79 Å². The van der Waals surface area contributed by atoms with Gasteiger partial charge in [0.25, 0.3) is 5.91 Å². The monoisotopic (exact) mass is 289 g/mol. The maximum atomic E-state index is 13.1. The highest BCUT2D eigenvalue weighted by atomic mass is 19.1. The summed E-state index contributed by atoms with van der Waals surface area (Å²) in [5.74, 6) is -0.528. The van der Waals surface area contributed by atoms with Crippen molar-refractivity contribution in [2.24, 2.45) is 0 Å². The van der Waals surface area contributed by atoms with Crippen LogP contribution in [0.5, 0.6) is 0 Å². The molecule has 5 heteroatoms. The van der Waals surface area contributed by atoms with Crippen molar-refractivity contribution in [2.45, 2.75) is 25.0 Å². The minimum absolute atomic E-state index is 0.0914. The van der Waals surface area contributed by atoms with E-state index < -0.39 is 0 Å². The molecule has 1 aliphatic rings. The fourth-order valence-corrected chi connectivity index (χ4v) is 2.54. The molecule has 1 aromatic heterocycles. The number of hydrogen-bond donors (Lipinski definition) is 1. The van der Waals surface area contributed by atoms with Crippen LogP contribution < -0.4 is 5.32 Å². The van der Waals surface area contributed by atoms with Crippen molar-refractivity contribution in [1.82, 2.24) is 5.32 Å². The molecule has 0 bridgehead atoms. The highest BCUT2D eigenvalue weighted by molar-refractivity contribution is 5.94. The predicted octanol–water partition coefficient (Wildman–Crippen LogP) is 3.07. The molecule has 1 N–H and O–H groups in total. The van der Waals surface area contributed by atoms with Crippen LogP contribution in [0.25, 0.3) is 0 Å². The number of amides is 1. The molecule has 4 nitrogen and oxygen atoms in total. The van der Waals surface area contributed by atoms with E-state index in [9.17, 15) is 9.18 Å². The minimum atomic E-state index is -0.300. The molecular formula is C16H16FNO3. The third kappa shape index (κ3) is 3.13. The SMILES string of the molecule is O=C(NC(c1ccc(F)cc1)C1CCCO1)c1ccoc1. The fraction of sp³-hybridized carbons (Fsp3) is 0.312. The van der Waals surface area contributed by atoms with Crippen molar-refractivity contribution in [3.8, 4) is 0 Å². The Morgan fingerprint density at radius 3 is 2.71 bits per heavy atom. The zero-order chi connectivity index (χ0) is 14.7. The third-order valence-corrected chi connectivity index (χ3v) is 3.64. The van der Waals surface area contributed by atoms with E-state index >= 15 is 0 Å². The first-order chi connectivity index (χ1) is 10.2. The van der Waals surface area contributed by atoms with Gasteiger partial charge in [-0.2, -0.15) is 0 Å². The smallest absolute Gasteiger partial charge is 0.255 e. The van der Waals surface area contributed by atoms with Crippen LogP contribution in [0.15, 0.2) is 47.3 Å². The number of ether oxygens (including phenoxy) is 1. The molecule has 1 amide bonds. The van der Waals surface area contributed by atoms with Gasteiger partial charge in [0, 0.05) is 6.61 Å². The van der Waals surface area contributed by atoms with Crippen LogP contribution in [0.2, 0.25) is 0 Å². The number of carbonyl (C=O) groups is 1. The van der Waals surface area contributed by atoms with Gasteiger partial charge >= 0.3 is 0 Å². The van der Waals surface area contributed by atoms with Crippen molar-refractivity contribution in [1.29, 1.82) is 0 Å². The van der Waals surface area contributed by atoms with Crippen molar-refractivity contribution >= 4 is 5.91 Å². The zero-order valence-corrected chi connectivity index (χ0v) is 11.4. The molecule has 3 rings (SSSR count). The van der Waals surface area contributed by atoms with E-state index in [2.05, 4.69) is 5.32 Å². The van der Waals surface area contributed by atoms with Gasteiger partial charge in [0.15, 0.2) is 0 Å². The first-order valence-corrected chi connectivity index (χ1v) is 6.94. The van der Waals surface area contributed by atoms with Gasteiger partial charge in [0.2, 0.25) is 0 Å². The van der Waals surface area contributed by atoms with Crippen molar-refractivity contribution in [3.05, 3.63) is 59.8 Å². The average Bonchev–Trinajstić information content (AvgIpc) is 3.19. The summed E-state index contributed by atoms with van der Waals surface area (Å²) < 4.78 is 23.7. The van der Waals surface area contributed by atoms with Gasteiger partial charge in [-0.25, -0.2) is 4.39 Å². The van der Waals surface area contributed by atoms with Gasteiger partial charge in [-0.15, -0.1) is 0 Å². The Labute approximate surface area is 121 Å². The van der Waals surface area contributed by atoms with Gasteiger partial charge in [0.1, 0.15) is 12.1 Å². The maximum absolute atomic E-state index is 13.1. The van der Waals surface area contributed by atoms with E-state index in [1.165, 1.54) is 24.7 Å². The lowest BCUT2D eigenvalue weighted by Crippen LogP contribution is -2.36. The Kier molecular flexibility index (Phi) is 4.01. The topological polar surface area (TPSA) is 51.5 Å². The third-order valence-electron chi connectivity index (χ3n) is 3.64. The van der Waals surface area contributed by atoms with E-state index in [4.69, 9.17) is 9.15 Å². The summed E-state index contributed by atoms with van der Waals surface area (Å²) >= 11 is 0. The first kappa shape index (κ1) is 13.8. The van der Waals surface area contributed by atoms with E-state index in [-0.39, 0.29) is 23.9 Å². The normalized spacial score (nSPS) is 19.4. The molecule has 2 aromatic rings. The number of benzene rings is 1. The van der Waals surface area contributed by atoms with E-state index in [1.807, 2.05) is 0 Å². The van der Waals surface area contributed by atoms with Crippen LogP contribution in [-0.2, 0) is 4.74 Å². The Hall–Kier alpha value is -2.14. The fourth-order valence-electron chi connectivity index (χ4n) is 2.54. The molecule has 1 aliphatic heterocycles.